The molecule has 49 heavy (non-hydrogen) atoms. The molecule has 2 heterocycles. The summed E-state index contributed by atoms with van der Waals surface area (Å²) >= 11 is 1.55. The highest BCUT2D eigenvalue weighted by Gasteiger charge is 2.35. The van der Waals surface area contributed by atoms with Crippen molar-refractivity contribution in [1.29, 1.82) is 0 Å². The minimum Gasteiger partial charge on any atom is -0.354 e. The summed E-state index contributed by atoms with van der Waals surface area (Å²) in [5.74, 6) is -0.805. The highest BCUT2D eigenvalue weighted by atomic mass is 32.1. The predicted molar refractivity (Wildman–Crippen MR) is 196 cm³/mol. The average molecular weight is 674 g/mol. The first kappa shape index (κ1) is 35.2. The van der Waals surface area contributed by atoms with Gasteiger partial charge in [0.2, 0.25) is 11.8 Å². The van der Waals surface area contributed by atoms with E-state index in [0.717, 1.165) is 32.7 Å². The fraction of sp³-hybridized carbons (Fsp3) is 0.250. The number of rotatable bonds is 15. The zero-order valence-electron chi connectivity index (χ0n) is 28.2. The van der Waals surface area contributed by atoms with Crippen molar-refractivity contribution in [2.45, 2.75) is 37.9 Å². The lowest BCUT2D eigenvalue weighted by Gasteiger charge is -2.34. The standard InChI is InChI=1S/C40H43N5O3S/c1-41-28-31-9-7-12-34(25-31)39(47)45(3)37(26-30-14-16-33(17-15-30)32-10-5-4-6-11-32)40(48)44(2)36(27-35-13-8-24-49-35)38(46)43-23-20-29-18-21-42-22-19-29/h4-19,21-22,24-25,36-37,41H,20,23,26-28H2,1-3H3,(H,43,46)/t36-,37-/m1/s1. The van der Waals surface area contributed by atoms with Gasteiger partial charge in [-0.05, 0) is 77.0 Å². The Labute approximate surface area is 292 Å². The number of nitrogens with zero attached hydrogens (tertiary/aromatic N) is 3. The van der Waals surface area contributed by atoms with Crippen LogP contribution in [0.25, 0.3) is 11.1 Å². The summed E-state index contributed by atoms with van der Waals surface area (Å²) in [4.78, 5) is 50.5. The molecule has 5 rings (SSSR count). The van der Waals surface area contributed by atoms with Gasteiger partial charge in [0.1, 0.15) is 12.1 Å². The highest BCUT2D eigenvalue weighted by molar-refractivity contribution is 7.09. The van der Waals surface area contributed by atoms with Crippen molar-refractivity contribution < 1.29 is 14.4 Å². The van der Waals surface area contributed by atoms with E-state index in [1.807, 2.05) is 97.4 Å². The summed E-state index contributed by atoms with van der Waals surface area (Å²) in [6.07, 6.45) is 4.75. The van der Waals surface area contributed by atoms with E-state index in [2.05, 4.69) is 27.8 Å². The second-order valence-corrected chi connectivity index (χ2v) is 13.1. The predicted octanol–water partition coefficient (Wildman–Crippen LogP) is 5.64. The number of benzene rings is 3. The minimum absolute atomic E-state index is 0.238. The number of pyridine rings is 1. The molecule has 0 unspecified atom stereocenters. The molecule has 3 aromatic carbocycles. The number of thiophene rings is 1. The summed E-state index contributed by atoms with van der Waals surface area (Å²) in [6.45, 7) is 1.04. The van der Waals surface area contributed by atoms with Gasteiger partial charge in [0.05, 0.1) is 0 Å². The Morgan fingerprint density at radius 2 is 1.47 bits per heavy atom. The van der Waals surface area contributed by atoms with Gasteiger partial charge in [-0.1, -0.05) is 72.8 Å². The van der Waals surface area contributed by atoms with Crippen molar-refractivity contribution in [3.8, 4) is 11.1 Å². The minimum atomic E-state index is -0.858. The second kappa shape index (κ2) is 17.3. The lowest BCUT2D eigenvalue weighted by Crippen LogP contribution is -2.56. The number of likely N-dealkylation sites (N-methyl/N-ethyl adjacent to an activating group) is 2. The summed E-state index contributed by atoms with van der Waals surface area (Å²) in [7, 11) is 5.20. The zero-order chi connectivity index (χ0) is 34.6. The van der Waals surface area contributed by atoms with E-state index in [4.69, 9.17) is 0 Å². The lowest BCUT2D eigenvalue weighted by molar-refractivity contribution is -0.142. The van der Waals surface area contributed by atoms with Gasteiger partial charge in [-0.15, -0.1) is 11.3 Å². The molecule has 3 amide bonds. The first-order chi connectivity index (χ1) is 23.8. The number of carbonyl (C=O) groups is 3. The average Bonchev–Trinajstić information content (AvgIpc) is 3.66. The quantitative estimate of drug-likeness (QED) is 0.150. The zero-order valence-corrected chi connectivity index (χ0v) is 29.0. The van der Waals surface area contributed by atoms with Gasteiger partial charge in [-0.25, -0.2) is 0 Å². The van der Waals surface area contributed by atoms with Crippen LogP contribution in [0, 0.1) is 0 Å². The third kappa shape index (κ3) is 9.49. The van der Waals surface area contributed by atoms with Gasteiger partial charge in [0.25, 0.3) is 5.91 Å². The van der Waals surface area contributed by atoms with Gasteiger partial charge in [0.15, 0.2) is 0 Å². The summed E-state index contributed by atoms with van der Waals surface area (Å²) in [5, 5.41) is 8.14. The number of hydrogen-bond donors (Lipinski definition) is 2. The van der Waals surface area contributed by atoms with E-state index in [9.17, 15) is 14.4 Å². The normalized spacial score (nSPS) is 12.1. The molecule has 0 bridgehead atoms. The molecule has 252 valence electrons. The smallest absolute Gasteiger partial charge is 0.254 e. The van der Waals surface area contributed by atoms with Gasteiger partial charge in [-0.2, -0.15) is 0 Å². The lowest BCUT2D eigenvalue weighted by atomic mass is 9.98. The van der Waals surface area contributed by atoms with Crippen LogP contribution in [0.1, 0.15) is 31.9 Å². The van der Waals surface area contributed by atoms with Crippen LogP contribution >= 0.6 is 11.3 Å². The molecule has 0 saturated heterocycles. The Morgan fingerprint density at radius 3 is 2.16 bits per heavy atom. The Balaban J connectivity index is 1.41. The Hall–Kier alpha value is -5.12. The maximum atomic E-state index is 14.6. The van der Waals surface area contributed by atoms with E-state index >= 15 is 0 Å². The number of aromatic nitrogens is 1. The van der Waals surface area contributed by atoms with Crippen molar-refractivity contribution in [3.05, 3.63) is 148 Å². The molecule has 0 aliphatic heterocycles. The van der Waals surface area contributed by atoms with Crippen molar-refractivity contribution in [2.24, 2.45) is 0 Å². The number of amides is 3. The SMILES string of the molecule is CNCc1cccc(C(=O)N(C)[C@H](Cc2ccc(-c3ccccc3)cc2)C(=O)N(C)[C@H](Cc2cccs2)C(=O)NCCc2ccncc2)c1. The summed E-state index contributed by atoms with van der Waals surface area (Å²) in [6, 6.07) is 31.7. The van der Waals surface area contributed by atoms with Crippen LogP contribution in [0.4, 0.5) is 0 Å². The summed E-state index contributed by atoms with van der Waals surface area (Å²) < 4.78 is 0. The van der Waals surface area contributed by atoms with Crippen LogP contribution in [0.15, 0.2) is 121 Å². The van der Waals surface area contributed by atoms with Gasteiger partial charge in [0, 0.05) is 62.9 Å². The van der Waals surface area contributed by atoms with Crippen LogP contribution in [0.2, 0.25) is 0 Å². The fourth-order valence-electron chi connectivity index (χ4n) is 5.85. The van der Waals surface area contributed by atoms with Crippen LogP contribution in [-0.4, -0.2) is 72.3 Å². The van der Waals surface area contributed by atoms with Crippen molar-refractivity contribution >= 4 is 29.1 Å². The van der Waals surface area contributed by atoms with E-state index in [1.54, 1.807) is 43.9 Å². The molecule has 0 aliphatic rings. The third-order valence-corrected chi connectivity index (χ3v) is 9.57. The molecule has 0 saturated carbocycles. The van der Waals surface area contributed by atoms with Gasteiger partial charge >= 0.3 is 0 Å². The Morgan fingerprint density at radius 1 is 0.735 bits per heavy atom. The molecule has 0 spiro atoms. The van der Waals surface area contributed by atoms with Crippen LogP contribution in [-0.2, 0) is 35.4 Å². The van der Waals surface area contributed by atoms with E-state index in [-0.39, 0.29) is 24.1 Å². The molecule has 0 aliphatic carbocycles. The Bertz CT molecular complexity index is 1800. The molecular weight excluding hydrogens is 631 g/mol. The first-order valence-corrected chi connectivity index (χ1v) is 17.3. The first-order valence-electron chi connectivity index (χ1n) is 16.4. The van der Waals surface area contributed by atoms with Crippen molar-refractivity contribution in [2.75, 3.05) is 27.7 Å². The number of nitrogens with one attached hydrogen (secondary N) is 2. The number of hydrogen-bond acceptors (Lipinski definition) is 6. The topological polar surface area (TPSA) is 94.6 Å². The maximum absolute atomic E-state index is 14.6. The molecule has 5 aromatic rings. The molecular formula is C40H43N5O3S. The van der Waals surface area contributed by atoms with E-state index in [1.165, 1.54) is 9.80 Å². The molecule has 8 nitrogen and oxygen atoms in total. The van der Waals surface area contributed by atoms with Crippen molar-refractivity contribution in [1.82, 2.24) is 25.4 Å². The monoisotopic (exact) mass is 673 g/mol. The van der Waals surface area contributed by atoms with Gasteiger partial charge in [-0.3, -0.25) is 19.4 Å². The highest BCUT2D eigenvalue weighted by Crippen LogP contribution is 2.23. The molecule has 0 radical (unpaired) electrons. The molecule has 0 fully saturated rings. The van der Waals surface area contributed by atoms with Crippen LogP contribution in [0.5, 0.6) is 0 Å². The number of carbonyl (C=O) groups excluding carboxylic acids is 3. The molecule has 2 aromatic heterocycles. The fourth-order valence-corrected chi connectivity index (χ4v) is 6.59. The largest absolute Gasteiger partial charge is 0.354 e. The van der Waals surface area contributed by atoms with Gasteiger partial charge < -0.3 is 20.4 Å². The van der Waals surface area contributed by atoms with Crippen molar-refractivity contribution in [3.63, 3.8) is 0 Å². The third-order valence-electron chi connectivity index (χ3n) is 8.67. The second-order valence-electron chi connectivity index (χ2n) is 12.1. The summed E-state index contributed by atoms with van der Waals surface area (Å²) in [5.41, 5.74) is 5.60. The maximum Gasteiger partial charge on any atom is 0.254 e. The molecule has 9 heteroatoms. The van der Waals surface area contributed by atoms with E-state index < -0.39 is 12.1 Å². The Kier molecular flexibility index (Phi) is 12.4. The van der Waals surface area contributed by atoms with E-state index in [0.29, 0.717) is 31.5 Å². The molecule has 2 atom stereocenters. The van der Waals surface area contributed by atoms with Crippen LogP contribution in [0.3, 0.4) is 0 Å². The molecule has 2 N–H and O–H groups in total. The van der Waals surface area contributed by atoms with Crippen LogP contribution < -0.4 is 10.6 Å².